The Labute approximate surface area is 56.7 Å². The fraction of sp³-hybridized carbons (Fsp3) is 0. The van der Waals surface area contributed by atoms with Gasteiger partial charge in [-0.1, -0.05) is 0 Å². The van der Waals surface area contributed by atoms with Gasteiger partial charge in [-0.25, -0.2) is 0 Å². The molecule has 0 unspecified atom stereocenters. The van der Waals surface area contributed by atoms with E-state index in [-0.39, 0.29) is 18.9 Å². The van der Waals surface area contributed by atoms with Crippen molar-refractivity contribution in [3.05, 3.63) is 0 Å². The Hall–Kier alpha value is 1.42. The van der Waals surface area contributed by atoms with Gasteiger partial charge in [0.25, 0.3) is 0 Å². The maximum Gasteiger partial charge on any atom is 1.00 e. The molecule has 0 rings (SSSR count). The molecule has 0 atom stereocenters. The summed E-state index contributed by atoms with van der Waals surface area (Å²) in [7, 11) is 0. The van der Waals surface area contributed by atoms with Crippen LogP contribution in [0.1, 0.15) is 0 Å². The quantitative estimate of drug-likeness (QED) is 0.139. The fourth-order valence-electron chi connectivity index (χ4n) is 0. The Balaban J connectivity index is 0. The molecule has 0 nitrogen and oxygen atoms in total. The molecule has 0 spiro atoms. The summed E-state index contributed by atoms with van der Waals surface area (Å²) in [4.78, 5) is 0. The maximum absolute atomic E-state index is 4.13. The first-order chi connectivity index (χ1) is 1.41. The van der Waals surface area contributed by atoms with Crippen molar-refractivity contribution in [3.63, 3.8) is 0 Å². The molecule has 3 heteroatoms. The minimum atomic E-state index is 0. The molecule has 0 aliphatic heterocycles. The van der Waals surface area contributed by atoms with Crippen molar-refractivity contribution >= 4 is 38.2 Å². The van der Waals surface area contributed by atoms with Gasteiger partial charge in [0.15, 0.2) is 0 Å². The number of rotatable bonds is 0. The molecule has 0 aromatic heterocycles. The van der Waals surface area contributed by atoms with Crippen molar-refractivity contribution in [2.24, 2.45) is 0 Å². The van der Waals surface area contributed by atoms with E-state index in [2.05, 4.69) is 15.6 Å². The molecule has 0 N–H and O–H groups in total. The third-order valence-corrected chi connectivity index (χ3v) is 0. The second-order valence-corrected chi connectivity index (χ2v) is 1.55. The molecule has 0 fully saturated rings. The summed E-state index contributed by atoms with van der Waals surface area (Å²) in [6.07, 6.45) is 0. The van der Waals surface area contributed by atoms with E-state index in [1.54, 1.807) is 0 Å². The first-order valence-corrected chi connectivity index (χ1v) is 1.88. The largest absolute Gasteiger partial charge is 1.00 e. The molecule has 4 heavy (non-hydrogen) atoms. The Kier molecular flexibility index (Phi) is 20.0. The number of thiocarbonyl (C=S) groups is 1. The van der Waals surface area contributed by atoms with Crippen LogP contribution in [0.5, 0.6) is 0 Å². The van der Waals surface area contributed by atoms with Crippen molar-refractivity contribution in [1.82, 2.24) is 0 Å². The molecular formula is CILiS. The topological polar surface area (TPSA) is 0 Å². The summed E-state index contributed by atoms with van der Waals surface area (Å²) >= 11 is 5.98. The molecule has 0 aliphatic rings. The minimum absolute atomic E-state index is 0. The van der Waals surface area contributed by atoms with Gasteiger partial charge in [0.1, 0.15) is 0 Å². The van der Waals surface area contributed by atoms with Gasteiger partial charge in [-0.05, 0) is 0 Å². The molecule has 0 aromatic rings. The molecular weight excluding hydrogens is 178 g/mol. The van der Waals surface area contributed by atoms with Gasteiger partial charge in [-0.2, -0.15) is 0 Å². The van der Waals surface area contributed by atoms with Crippen LogP contribution in [0.3, 0.4) is 0 Å². The van der Waals surface area contributed by atoms with E-state index in [1.807, 2.05) is 22.6 Å². The van der Waals surface area contributed by atoms with Crippen LogP contribution in [0.2, 0.25) is 0 Å². The SMILES string of the molecule is S=[C-]I.[Li+]. The maximum atomic E-state index is 4.13. The molecule has 0 amide bonds. The third-order valence-electron chi connectivity index (χ3n) is 0. The van der Waals surface area contributed by atoms with E-state index < -0.39 is 0 Å². The van der Waals surface area contributed by atoms with Crippen LogP contribution in [0.4, 0.5) is 0 Å². The zero-order chi connectivity index (χ0) is 2.71. The van der Waals surface area contributed by atoms with Crippen molar-refractivity contribution in [2.45, 2.75) is 0 Å². The molecule has 0 saturated carbocycles. The monoisotopic (exact) mass is 178 g/mol. The van der Waals surface area contributed by atoms with E-state index in [4.69, 9.17) is 0 Å². The second-order valence-electron chi connectivity index (χ2n) is 0.0772. The Morgan fingerprint density at radius 3 is 1.75 bits per heavy atom. The first kappa shape index (κ1) is 9.05. The van der Waals surface area contributed by atoms with Crippen LogP contribution in [0.15, 0.2) is 0 Å². The third kappa shape index (κ3) is 9.94. The summed E-state index contributed by atoms with van der Waals surface area (Å²) in [6.45, 7) is 0. The number of hydrogen-bond acceptors (Lipinski definition) is 1. The van der Waals surface area contributed by atoms with Crippen LogP contribution in [-0.4, -0.2) is 3.37 Å². The number of halogens is 1. The van der Waals surface area contributed by atoms with Gasteiger partial charge in [-0.15, -0.1) is 0 Å². The molecule has 0 bridgehead atoms. The average molecular weight is 178 g/mol. The van der Waals surface area contributed by atoms with Gasteiger partial charge in [0.2, 0.25) is 0 Å². The fourth-order valence-corrected chi connectivity index (χ4v) is 0. The van der Waals surface area contributed by atoms with E-state index in [0.29, 0.717) is 0 Å². The van der Waals surface area contributed by atoms with Crippen LogP contribution >= 0.6 is 34.8 Å². The zero-order valence-electron chi connectivity index (χ0n) is 2.29. The Morgan fingerprint density at radius 2 is 1.75 bits per heavy atom. The summed E-state index contributed by atoms with van der Waals surface area (Å²) < 4.78 is 2.30. The van der Waals surface area contributed by atoms with Crippen LogP contribution in [0.25, 0.3) is 0 Å². The van der Waals surface area contributed by atoms with Crippen molar-refractivity contribution in [1.29, 1.82) is 0 Å². The Morgan fingerprint density at radius 1 is 1.75 bits per heavy atom. The predicted molar refractivity (Wildman–Crippen MR) is 26.6 cm³/mol. The summed E-state index contributed by atoms with van der Waals surface area (Å²) in [5, 5.41) is 0. The summed E-state index contributed by atoms with van der Waals surface area (Å²) in [5.41, 5.74) is 0. The Bertz CT molecular complexity index is 15.5. The van der Waals surface area contributed by atoms with E-state index in [0.717, 1.165) is 0 Å². The van der Waals surface area contributed by atoms with Gasteiger partial charge >= 0.3 is 18.9 Å². The van der Waals surface area contributed by atoms with Crippen molar-refractivity contribution in [3.8, 4) is 0 Å². The summed E-state index contributed by atoms with van der Waals surface area (Å²) in [5.74, 6) is 0. The van der Waals surface area contributed by atoms with Gasteiger partial charge in [0, 0.05) is 0 Å². The van der Waals surface area contributed by atoms with Gasteiger partial charge in [-0.3, -0.25) is 0 Å². The van der Waals surface area contributed by atoms with Gasteiger partial charge in [0.05, 0.1) is 0 Å². The zero-order valence-corrected chi connectivity index (χ0v) is 5.26. The van der Waals surface area contributed by atoms with E-state index in [1.165, 1.54) is 0 Å². The summed E-state index contributed by atoms with van der Waals surface area (Å²) in [6, 6.07) is 0. The van der Waals surface area contributed by atoms with Crippen molar-refractivity contribution < 1.29 is 18.9 Å². The molecule has 0 aromatic carbocycles. The van der Waals surface area contributed by atoms with Crippen LogP contribution in [0, 0.1) is 0 Å². The molecule has 18 valence electrons. The number of hydrogen-bond donors (Lipinski definition) is 0. The minimum Gasteiger partial charge on any atom is -0.354 e. The smallest absolute Gasteiger partial charge is 0.354 e. The van der Waals surface area contributed by atoms with Crippen LogP contribution in [-0.2, 0) is 0 Å². The predicted octanol–water partition coefficient (Wildman–Crippen LogP) is -1.74. The normalized spacial score (nSPS) is 3.25. The van der Waals surface area contributed by atoms with E-state index in [9.17, 15) is 0 Å². The molecule has 0 radical (unpaired) electrons. The standard InChI is InChI=1S/CIS.Li/c2-1-3;/q-1;+1. The van der Waals surface area contributed by atoms with E-state index >= 15 is 0 Å². The van der Waals surface area contributed by atoms with Gasteiger partial charge < -0.3 is 38.2 Å². The molecule has 0 heterocycles. The second kappa shape index (κ2) is 8.83. The van der Waals surface area contributed by atoms with Crippen molar-refractivity contribution in [2.75, 3.05) is 0 Å². The molecule has 0 saturated heterocycles. The van der Waals surface area contributed by atoms with Crippen LogP contribution < -0.4 is 18.9 Å². The molecule has 0 aliphatic carbocycles. The average Bonchev–Trinajstić information content (AvgIpc) is 0.918. The first-order valence-electron chi connectivity index (χ1n) is 0.393.